The Morgan fingerprint density at radius 3 is 2.28 bits per heavy atom. The van der Waals surface area contributed by atoms with E-state index in [2.05, 4.69) is 20.8 Å². The molecule has 0 saturated heterocycles. The molecule has 0 aromatic heterocycles. The van der Waals surface area contributed by atoms with Gasteiger partial charge in [0.2, 0.25) is 0 Å². The first-order valence-electron chi connectivity index (χ1n) is 5.71. The SMILES string of the molecule is CC(C)(C)c1ccc(OC/C(F)=C/CN)cc1.Cl. The van der Waals surface area contributed by atoms with E-state index in [9.17, 15) is 4.39 Å². The average molecular weight is 274 g/mol. The van der Waals surface area contributed by atoms with Crippen molar-refractivity contribution in [3.8, 4) is 5.75 Å². The van der Waals surface area contributed by atoms with Gasteiger partial charge >= 0.3 is 0 Å². The van der Waals surface area contributed by atoms with Gasteiger partial charge in [-0.3, -0.25) is 0 Å². The molecule has 0 radical (unpaired) electrons. The van der Waals surface area contributed by atoms with Crippen LogP contribution in [0.15, 0.2) is 36.2 Å². The molecule has 102 valence electrons. The Kier molecular flexibility index (Phi) is 6.96. The predicted octanol–water partition coefficient (Wildman–Crippen LogP) is 3.60. The number of ether oxygens (including phenoxy) is 1. The van der Waals surface area contributed by atoms with Crippen LogP contribution in [0.2, 0.25) is 0 Å². The van der Waals surface area contributed by atoms with E-state index < -0.39 is 0 Å². The summed E-state index contributed by atoms with van der Waals surface area (Å²) in [6.07, 6.45) is 1.31. The van der Waals surface area contributed by atoms with Crippen LogP contribution in [0.5, 0.6) is 5.75 Å². The van der Waals surface area contributed by atoms with Gasteiger partial charge in [-0.15, -0.1) is 12.4 Å². The first kappa shape index (κ1) is 16.9. The van der Waals surface area contributed by atoms with Crippen molar-refractivity contribution in [3.63, 3.8) is 0 Å². The third kappa shape index (κ3) is 5.52. The van der Waals surface area contributed by atoms with Crippen LogP contribution in [0.3, 0.4) is 0 Å². The zero-order chi connectivity index (χ0) is 12.9. The predicted molar refractivity (Wildman–Crippen MR) is 76.1 cm³/mol. The lowest BCUT2D eigenvalue weighted by Crippen LogP contribution is -2.10. The highest BCUT2D eigenvalue weighted by molar-refractivity contribution is 5.85. The first-order chi connectivity index (χ1) is 7.93. The van der Waals surface area contributed by atoms with Crippen molar-refractivity contribution < 1.29 is 9.13 Å². The summed E-state index contributed by atoms with van der Waals surface area (Å²) in [6.45, 7) is 6.57. The third-order valence-corrected chi connectivity index (χ3v) is 2.44. The summed E-state index contributed by atoms with van der Waals surface area (Å²) < 4.78 is 18.3. The zero-order valence-corrected chi connectivity index (χ0v) is 11.9. The Morgan fingerprint density at radius 1 is 1.28 bits per heavy atom. The second kappa shape index (κ2) is 7.39. The Bertz CT molecular complexity index is 382. The zero-order valence-electron chi connectivity index (χ0n) is 11.1. The van der Waals surface area contributed by atoms with Gasteiger partial charge in [0.1, 0.15) is 18.2 Å². The maximum atomic E-state index is 13.0. The normalized spacial score (nSPS) is 11.9. The van der Waals surface area contributed by atoms with E-state index in [0.29, 0.717) is 5.75 Å². The molecular formula is C14H21ClFNO. The summed E-state index contributed by atoms with van der Waals surface area (Å²) >= 11 is 0. The molecule has 2 nitrogen and oxygen atoms in total. The number of benzene rings is 1. The summed E-state index contributed by atoms with van der Waals surface area (Å²) in [4.78, 5) is 0. The fourth-order valence-corrected chi connectivity index (χ4v) is 1.39. The lowest BCUT2D eigenvalue weighted by Gasteiger charge is -2.19. The summed E-state index contributed by atoms with van der Waals surface area (Å²) in [5, 5.41) is 0. The molecule has 0 heterocycles. The van der Waals surface area contributed by atoms with Gasteiger partial charge in [0, 0.05) is 6.54 Å². The van der Waals surface area contributed by atoms with Crippen LogP contribution in [0, 0.1) is 0 Å². The minimum absolute atomic E-state index is 0. The number of halogens is 2. The van der Waals surface area contributed by atoms with Crippen LogP contribution in [-0.4, -0.2) is 13.2 Å². The molecule has 0 amide bonds. The number of hydrogen-bond donors (Lipinski definition) is 1. The Morgan fingerprint density at radius 2 is 1.83 bits per heavy atom. The van der Waals surface area contributed by atoms with E-state index >= 15 is 0 Å². The number of nitrogens with two attached hydrogens (primary N) is 1. The van der Waals surface area contributed by atoms with Crippen LogP contribution in [-0.2, 0) is 5.41 Å². The largest absolute Gasteiger partial charge is 0.487 e. The van der Waals surface area contributed by atoms with Gasteiger partial charge in [0.15, 0.2) is 0 Å². The molecule has 0 unspecified atom stereocenters. The van der Waals surface area contributed by atoms with Crippen molar-refractivity contribution in [2.45, 2.75) is 26.2 Å². The summed E-state index contributed by atoms with van der Waals surface area (Å²) in [7, 11) is 0. The molecule has 0 aliphatic carbocycles. The molecule has 0 fully saturated rings. The van der Waals surface area contributed by atoms with Crippen LogP contribution in [0.4, 0.5) is 4.39 Å². The standard InChI is InChI=1S/C14H20FNO.ClH/c1-14(2,3)11-4-6-13(7-5-11)17-10-12(15)8-9-16;/h4-8H,9-10,16H2,1-3H3;1H/b12-8-;. The van der Waals surface area contributed by atoms with E-state index in [1.54, 1.807) is 0 Å². The van der Waals surface area contributed by atoms with Crippen molar-refractivity contribution >= 4 is 12.4 Å². The molecule has 1 rings (SSSR count). The molecule has 1 aromatic carbocycles. The number of rotatable bonds is 4. The van der Waals surface area contributed by atoms with Gasteiger partial charge < -0.3 is 10.5 Å². The van der Waals surface area contributed by atoms with Crippen molar-refractivity contribution in [1.82, 2.24) is 0 Å². The van der Waals surface area contributed by atoms with Crippen molar-refractivity contribution in [2.75, 3.05) is 13.2 Å². The van der Waals surface area contributed by atoms with E-state index in [0.717, 1.165) is 0 Å². The quantitative estimate of drug-likeness (QED) is 0.910. The monoisotopic (exact) mass is 273 g/mol. The van der Waals surface area contributed by atoms with E-state index in [1.165, 1.54) is 11.6 Å². The lowest BCUT2D eigenvalue weighted by atomic mass is 9.87. The van der Waals surface area contributed by atoms with Crippen molar-refractivity contribution in [3.05, 3.63) is 41.7 Å². The van der Waals surface area contributed by atoms with Gasteiger partial charge in [-0.05, 0) is 29.2 Å². The Balaban J connectivity index is 0.00000289. The fourth-order valence-electron chi connectivity index (χ4n) is 1.39. The molecule has 4 heteroatoms. The molecule has 0 aliphatic heterocycles. The molecule has 0 spiro atoms. The van der Waals surface area contributed by atoms with E-state index in [-0.39, 0.29) is 36.8 Å². The topological polar surface area (TPSA) is 35.2 Å². The highest BCUT2D eigenvalue weighted by Gasteiger charge is 2.12. The van der Waals surface area contributed by atoms with E-state index in [1.807, 2.05) is 24.3 Å². The molecule has 0 bridgehead atoms. The summed E-state index contributed by atoms with van der Waals surface area (Å²) in [5.74, 6) is 0.325. The molecule has 2 N–H and O–H groups in total. The molecule has 0 saturated carbocycles. The first-order valence-corrected chi connectivity index (χ1v) is 5.71. The maximum absolute atomic E-state index is 13.0. The second-order valence-electron chi connectivity index (χ2n) is 4.95. The molecular weight excluding hydrogens is 253 g/mol. The van der Waals surface area contributed by atoms with Crippen molar-refractivity contribution in [1.29, 1.82) is 0 Å². The maximum Gasteiger partial charge on any atom is 0.139 e. The van der Waals surface area contributed by atoms with Crippen LogP contribution in [0.25, 0.3) is 0 Å². The number of hydrogen-bond acceptors (Lipinski definition) is 2. The van der Waals surface area contributed by atoms with Gasteiger partial charge in [-0.25, -0.2) is 4.39 Å². The fraction of sp³-hybridized carbons (Fsp3) is 0.429. The molecule has 0 atom stereocenters. The second-order valence-corrected chi connectivity index (χ2v) is 4.95. The molecule has 1 aromatic rings. The average Bonchev–Trinajstić information content (AvgIpc) is 2.26. The Labute approximate surface area is 114 Å². The molecule has 0 aliphatic rings. The van der Waals surface area contributed by atoms with Crippen LogP contribution < -0.4 is 10.5 Å². The minimum atomic E-state index is -0.340. The van der Waals surface area contributed by atoms with Gasteiger partial charge in [0.05, 0.1) is 0 Å². The van der Waals surface area contributed by atoms with Crippen LogP contribution >= 0.6 is 12.4 Å². The van der Waals surface area contributed by atoms with E-state index in [4.69, 9.17) is 10.5 Å². The van der Waals surface area contributed by atoms with Crippen LogP contribution in [0.1, 0.15) is 26.3 Å². The van der Waals surface area contributed by atoms with Gasteiger partial charge in [-0.2, -0.15) is 0 Å². The highest BCUT2D eigenvalue weighted by Crippen LogP contribution is 2.24. The Hall–Kier alpha value is -1.06. The lowest BCUT2D eigenvalue weighted by molar-refractivity contribution is 0.318. The van der Waals surface area contributed by atoms with Gasteiger partial charge in [-0.1, -0.05) is 32.9 Å². The summed E-state index contributed by atoms with van der Waals surface area (Å²) in [6, 6.07) is 7.71. The smallest absolute Gasteiger partial charge is 0.139 e. The highest BCUT2D eigenvalue weighted by atomic mass is 35.5. The summed E-state index contributed by atoms with van der Waals surface area (Å²) in [5.41, 5.74) is 6.53. The third-order valence-electron chi connectivity index (χ3n) is 2.44. The van der Waals surface area contributed by atoms with Gasteiger partial charge in [0.25, 0.3) is 0 Å². The van der Waals surface area contributed by atoms with Crippen molar-refractivity contribution in [2.24, 2.45) is 5.73 Å². The minimum Gasteiger partial charge on any atom is -0.487 e. The molecule has 18 heavy (non-hydrogen) atoms.